The zero-order chi connectivity index (χ0) is 10.4. The van der Waals surface area contributed by atoms with Gasteiger partial charge in [-0.1, -0.05) is 0 Å². The van der Waals surface area contributed by atoms with Crippen LogP contribution in [-0.4, -0.2) is 29.1 Å². The van der Waals surface area contributed by atoms with Crippen LogP contribution in [0.25, 0.3) is 0 Å². The van der Waals surface area contributed by atoms with Gasteiger partial charge in [0.2, 0.25) is 5.91 Å². The highest BCUT2D eigenvalue weighted by Gasteiger charge is 1.99. The van der Waals surface area contributed by atoms with E-state index in [4.69, 9.17) is 10.8 Å². The normalized spacial score (nSPS) is 9.79. The van der Waals surface area contributed by atoms with E-state index >= 15 is 0 Å². The van der Waals surface area contributed by atoms with Gasteiger partial charge < -0.3 is 16.2 Å². The predicted octanol–water partition coefficient (Wildman–Crippen LogP) is -0.0252. The molecule has 0 bridgehead atoms. The van der Waals surface area contributed by atoms with Crippen LogP contribution < -0.4 is 11.1 Å². The molecule has 1 aromatic heterocycles. The summed E-state index contributed by atoms with van der Waals surface area (Å²) >= 11 is 0. The van der Waals surface area contributed by atoms with Crippen LogP contribution in [0.1, 0.15) is 16.8 Å². The van der Waals surface area contributed by atoms with Crippen molar-refractivity contribution in [1.29, 1.82) is 0 Å². The van der Waals surface area contributed by atoms with Gasteiger partial charge in [-0.15, -0.1) is 0 Å². The number of amides is 1. The third-order valence-corrected chi connectivity index (χ3v) is 1.69. The number of hydrogen-bond donors (Lipinski definition) is 3. The molecule has 76 valence electrons. The number of hydrogen-bond acceptors (Lipinski definition) is 4. The Morgan fingerprint density at radius 2 is 2.36 bits per heavy atom. The quantitative estimate of drug-likeness (QED) is 0.576. The van der Waals surface area contributed by atoms with Gasteiger partial charge in [0.05, 0.1) is 5.56 Å². The molecule has 0 saturated heterocycles. The molecule has 5 nitrogen and oxygen atoms in total. The average molecular weight is 195 g/mol. The summed E-state index contributed by atoms with van der Waals surface area (Å²) in [6, 6.07) is 3.29. The third kappa shape index (κ3) is 3.02. The monoisotopic (exact) mass is 195 g/mol. The molecular weight excluding hydrogens is 182 g/mol. The lowest BCUT2D eigenvalue weighted by Gasteiger charge is -2.03. The van der Waals surface area contributed by atoms with Crippen LogP contribution in [0, 0.1) is 0 Å². The van der Waals surface area contributed by atoms with Gasteiger partial charge in [-0.05, 0) is 18.6 Å². The van der Waals surface area contributed by atoms with Crippen molar-refractivity contribution in [2.45, 2.75) is 6.42 Å². The Hall–Kier alpha value is -1.62. The Morgan fingerprint density at radius 1 is 1.57 bits per heavy atom. The lowest BCUT2D eigenvalue weighted by atomic mass is 10.3. The van der Waals surface area contributed by atoms with E-state index in [9.17, 15) is 4.79 Å². The second-order valence-corrected chi connectivity index (χ2v) is 2.80. The minimum Gasteiger partial charge on any atom is -0.396 e. The van der Waals surface area contributed by atoms with Crippen LogP contribution in [0.4, 0.5) is 5.82 Å². The SMILES string of the molecule is NC(=O)c1ccc(NCCCO)nc1. The van der Waals surface area contributed by atoms with E-state index in [0.717, 1.165) is 0 Å². The van der Waals surface area contributed by atoms with E-state index < -0.39 is 5.91 Å². The van der Waals surface area contributed by atoms with Gasteiger partial charge in [0.15, 0.2) is 0 Å². The first kappa shape index (κ1) is 10.5. The number of nitrogens with one attached hydrogen (secondary N) is 1. The highest BCUT2D eigenvalue weighted by atomic mass is 16.3. The van der Waals surface area contributed by atoms with E-state index in [1.54, 1.807) is 12.1 Å². The Labute approximate surface area is 82.0 Å². The maximum Gasteiger partial charge on any atom is 0.250 e. The minimum atomic E-state index is -0.487. The van der Waals surface area contributed by atoms with Crippen molar-refractivity contribution in [3.05, 3.63) is 23.9 Å². The van der Waals surface area contributed by atoms with E-state index in [-0.39, 0.29) is 6.61 Å². The molecule has 0 fully saturated rings. The fraction of sp³-hybridized carbons (Fsp3) is 0.333. The zero-order valence-electron chi connectivity index (χ0n) is 7.73. The van der Waals surface area contributed by atoms with E-state index in [2.05, 4.69) is 10.3 Å². The molecule has 0 aliphatic heterocycles. The fourth-order valence-corrected chi connectivity index (χ4v) is 0.940. The van der Waals surface area contributed by atoms with Crippen LogP contribution in [-0.2, 0) is 0 Å². The number of aliphatic hydroxyl groups excluding tert-OH is 1. The molecule has 0 spiro atoms. The first-order chi connectivity index (χ1) is 6.74. The summed E-state index contributed by atoms with van der Waals surface area (Å²) < 4.78 is 0. The maximum absolute atomic E-state index is 10.7. The molecule has 1 amide bonds. The van der Waals surface area contributed by atoms with Crippen molar-refractivity contribution >= 4 is 11.7 Å². The summed E-state index contributed by atoms with van der Waals surface area (Å²) in [6.07, 6.45) is 2.09. The van der Waals surface area contributed by atoms with E-state index in [1.807, 2.05) is 0 Å². The molecular formula is C9H13N3O2. The standard InChI is InChI=1S/C9H13N3O2/c10-9(14)7-2-3-8(12-6-7)11-4-1-5-13/h2-3,6,13H,1,4-5H2,(H2,10,14)(H,11,12). The molecule has 1 aromatic rings. The molecule has 4 N–H and O–H groups in total. The largest absolute Gasteiger partial charge is 0.396 e. The first-order valence-corrected chi connectivity index (χ1v) is 4.34. The molecule has 5 heteroatoms. The van der Waals surface area contributed by atoms with E-state index in [1.165, 1.54) is 6.20 Å². The number of nitrogens with zero attached hydrogens (tertiary/aromatic N) is 1. The van der Waals surface area contributed by atoms with Crippen molar-refractivity contribution in [2.24, 2.45) is 5.73 Å². The van der Waals surface area contributed by atoms with Crippen molar-refractivity contribution in [3.63, 3.8) is 0 Å². The van der Waals surface area contributed by atoms with Gasteiger partial charge in [0.1, 0.15) is 5.82 Å². The van der Waals surface area contributed by atoms with Crippen LogP contribution in [0.2, 0.25) is 0 Å². The Bertz CT molecular complexity index is 297. The van der Waals surface area contributed by atoms with Gasteiger partial charge in [-0.2, -0.15) is 0 Å². The van der Waals surface area contributed by atoms with Crippen molar-refractivity contribution in [2.75, 3.05) is 18.5 Å². The van der Waals surface area contributed by atoms with Crippen molar-refractivity contribution in [3.8, 4) is 0 Å². The third-order valence-electron chi connectivity index (χ3n) is 1.69. The van der Waals surface area contributed by atoms with Crippen LogP contribution >= 0.6 is 0 Å². The van der Waals surface area contributed by atoms with Crippen LogP contribution in [0.15, 0.2) is 18.3 Å². The molecule has 0 aliphatic rings. The number of primary amides is 1. The Balaban J connectivity index is 2.51. The summed E-state index contributed by atoms with van der Waals surface area (Å²) in [6.45, 7) is 0.797. The molecule has 1 heterocycles. The van der Waals surface area contributed by atoms with Gasteiger partial charge in [0.25, 0.3) is 0 Å². The topological polar surface area (TPSA) is 88.2 Å². The van der Waals surface area contributed by atoms with Gasteiger partial charge in [-0.25, -0.2) is 4.98 Å². The summed E-state index contributed by atoms with van der Waals surface area (Å²) in [5, 5.41) is 11.5. The highest BCUT2D eigenvalue weighted by Crippen LogP contribution is 2.03. The Kier molecular flexibility index (Phi) is 3.87. The molecule has 0 unspecified atom stereocenters. The van der Waals surface area contributed by atoms with Crippen LogP contribution in [0.3, 0.4) is 0 Å². The number of rotatable bonds is 5. The summed E-state index contributed by atoms with van der Waals surface area (Å²) in [4.78, 5) is 14.7. The first-order valence-electron chi connectivity index (χ1n) is 4.34. The molecule has 1 rings (SSSR count). The molecule has 0 radical (unpaired) electrons. The lowest BCUT2D eigenvalue weighted by Crippen LogP contribution is -2.12. The van der Waals surface area contributed by atoms with E-state index in [0.29, 0.717) is 24.3 Å². The minimum absolute atomic E-state index is 0.145. The van der Waals surface area contributed by atoms with Crippen molar-refractivity contribution in [1.82, 2.24) is 4.98 Å². The summed E-state index contributed by atoms with van der Waals surface area (Å²) in [5.41, 5.74) is 5.44. The average Bonchev–Trinajstić information content (AvgIpc) is 2.19. The second kappa shape index (κ2) is 5.18. The number of carbonyl (C=O) groups excluding carboxylic acids is 1. The van der Waals surface area contributed by atoms with Gasteiger partial charge in [0, 0.05) is 19.3 Å². The number of anilines is 1. The number of aliphatic hydroxyl groups is 1. The van der Waals surface area contributed by atoms with Crippen LogP contribution in [0.5, 0.6) is 0 Å². The number of pyridine rings is 1. The Morgan fingerprint density at radius 3 is 2.86 bits per heavy atom. The smallest absolute Gasteiger partial charge is 0.250 e. The zero-order valence-corrected chi connectivity index (χ0v) is 7.73. The summed E-state index contributed by atoms with van der Waals surface area (Å²) in [7, 11) is 0. The number of aromatic nitrogens is 1. The van der Waals surface area contributed by atoms with Gasteiger partial charge >= 0.3 is 0 Å². The predicted molar refractivity (Wildman–Crippen MR) is 52.9 cm³/mol. The molecule has 0 aromatic carbocycles. The van der Waals surface area contributed by atoms with Gasteiger partial charge in [-0.3, -0.25) is 4.79 Å². The second-order valence-electron chi connectivity index (χ2n) is 2.80. The number of carbonyl (C=O) groups is 1. The molecule has 0 atom stereocenters. The lowest BCUT2D eigenvalue weighted by molar-refractivity contribution is 0.1000. The molecule has 14 heavy (non-hydrogen) atoms. The molecule has 0 aliphatic carbocycles. The fourth-order valence-electron chi connectivity index (χ4n) is 0.940. The van der Waals surface area contributed by atoms with Crippen molar-refractivity contribution < 1.29 is 9.90 Å². The maximum atomic E-state index is 10.7. The highest BCUT2D eigenvalue weighted by molar-refractivity contribution is 5.92. The number of nitrogens with two attached hydrogens (primary N) is 1. The summed E-state index contributed by atoms with van der Waals surface area (Å²) in [5.74, 6) is 0.183. The molecule has 0 saturated carbocycles.